The van der Waals surface area contributed by atoms with Gasteiger partial charge in [0.15, 0.2) is 25.0 Å². The van der Waals surface area contributed by atoms with Gasteiger partial charge in [0.1, 0.15) is 92.1 Å². The zero-order valence-electron chi connectivity index (χ0n) is 25.8. The highest BCUT2D eigenvalue weighted by Gasteiger charge is 2.60. The molecule has 5 rings (SSSR count). The Morgan fingerprint density at radius 3 is 1.72 bits per heavy atom. The van der Waals surface area contributed by atoms with Gasteiger partial charge in [-0.2, -0.15) is 9.78 Å². The summed E-state index contributed by atoms with van der Waals surface area (Å²) in [5.41, 5.74) is 0. The van der Waals surface area contributed by atoms with Crippen LogP contribution in [0.2, 0.25) is 0 Å². The molecule has 19 atom stereocenters. The first-order valence-electron chi connectivity index (χ1n) is 15.4. The van der Waals surface area contributed by atoms with Crippen LogP contribution in [0, 0.1) is 0 Å². The molecule has 5 fully saturated rings. The molecule has 24 nitrogen and oxygen atoms in total. The largest absolute Gasteiger partial charge is 0.453 e. The van der Waals surface area contributed by atoms with Crippen molar-refractivity contribution in [1.29, 1.82) is 0 Å². The smallest absolute Gasteiger partial charge is 0.369 e. The number of ether oxygens (including phenoxy) is 8. The molecule has 0 aromatic heterocycles. The molecule has 0 unspecified atom stereocenters. The molecule has 5 aliphatic rings. The van der Waals surface area contributed by atoms with E-state index in [1.54, 1.807) is 0 Å². The molecular weight excluding hydrogens is 696 g/mol. The van der Waals surface area contributed by atoms with E-state index in [4.69, 9.17) is 37.9 Å². The molecule has 0 aromatic carbocycles. The Labute approximate surface area is 280 Å². The predicted molar refractivity (Wildman–Crippen MR) is 144 cm³/mol. The summed E-state index contributed by atoms with van der Waals surface area (Å²) >= 11 is 0. The second kappa shape index (κ2) is 16.3. The molecule has 50 heavy (non-hydrogen) atoms. The highest BCUT2D eigenvalue weighted by atomic mass is 17.4. The summed E-state index contributed by atoms with van der Waals surface area (Å²) in [7, 11) is 0. The Kier molecular flexibility index (Phi) is 13.0. The van der Waals surface area contributed by atoms with Crippen molar-refractivity contribution in [2.24, 2.45) is 0 Å². The Bertz CT molecular complexity index is 1110. The number of esters is 1. The van der Waals surface area contributed by atoms with Gasteiger partial charge in [0.05, 0.1) is 26.4 Å². The van der Waals surface area contributed by atoms with Gasteiger partial charge in [-0.25, -0.2) is 4.79 Å². The summed E-state index contributed by atoms with van der Waals surface area (Å²) in [6, 6.07) is 0. The molecule has 290 valence electrons. The lowest BCUT2D eigenvalue weighted by molar-refractivity contribution is -0.409. The van der Waals surface area contributed by atoms with Crippen molar-refractivity contribution in [3.63, 3.8) is 0 Å². The van der Waals surface area contributed by atoms with Crippen molar-refractivity contribution >= 4 is 5.97 Å². The quantitative estimate of drug-likeness (QED) is 0.0474. The fourth-order valence-corrected chi connectivity index (χ4v) is 5.91. The number of hydrogen-bond acceptors (Lipinski definition) is 24. The lowest BCUT2D eigenvalue weighted by Gasteiger charge is -2.47. The maximum Gasteiger partial charge on any atom is 0.369 e. The molecular formula is C26H42O24. The summed E-state index contributed by atoms with van der Waals surface area (Å²) in [4.78, 5) is 20.5. The summed E-state index contributed by atoms with van der Waals surface area (Å²) < 4.78 is 43.5. The van der Waals surface area contributed by atoms with Crippen LogP contribution in [-0.2, 0) is 52.5 Å². The summed E-state index contributed by atoms with van der Waals surface area (Å²) in [5.74, 6) is -3.60. The zero-order valence-corrected chi connectivity index (χ0v) is 25.8. The average molecular weight is 739 g/mol. The van der Waals surface area contributed by atoms with Crippen molar-refractivity contribution < 1.29 is 119 Å². The van der Waals surface area contributed by atoms with Crippen LogP contribution in [0.5, 0.6) is 0 Å². The second-order valence-corrected chi connectivity index (χ2v) is 12.2. The summed E-state index contributed by atoms with van der Waals surface area (Å²) in [6.45, 7) is -4.52. The Morgan fingerprint density at radius 1 is 0.580 bits per heavy atom. The van der Waals surface area contributed by atoms with Gasteiger partial charge in [0.2, 0.25) is 5.79 Å². The number of hydrogen-bond donors (Lipinski definition) is 13. The molecule has 0 radical (unpaired) electrons. The van der Waals surface area contributed by atoms with Crippen LogP contribution >= 0.6 is 0 Å². The number of aliphatic hydroxyl groups excluding tert-OH is 13. The molecule has 0 spiro atoms. The van der Waals surface area contributed by atoms with Crippen LogP contribution in [0.15, 0.2) is 0 Å². The van der Waals surface area contributed by atoms with Gasteiger partial charge >= 0.3 is 12.3 Å². The van der Waals surface area contributed by atoms with E-state index in [0.29, 0.717) is 0 Å². The summed E-state index contributed by atoms with van der Waals surface area (Å²) in [6.07, 6.45) is -34.4. The molecule has 0 aliphatic carbocycles. The van der Waals surface area contributed by atoms with Crippen LogP contribution in [0.3, 0.4) is 0 Å². The van der Waals surface area contributed by atoms with Crippen molar-refractivity contribution in [2.75, 3.05) is 33.0 Å². The second-order valence-electron chi connectivity index (χ2n) is 12.2. The number of rotatable bonds is 13. The minimum Gasteiger partial charge on any atom is -0.453 e. The predicted octanol–water partition coefficient (Wildman–Crippen LogP) is -9.91. The number of carbonyl (C=O) groups is 1. The standard InChI is InChI=1S/C26H42O24/c27-1-6-10(31)14(35)19(24(42-6)48-26(5-30)20(39)12(33)7(2-28)47-26)46-23-16(37)13(34)11(32)9(44-23)4-41-22-17(38)15(36)18(8(3-29)43-22)45-21(40)25-49-50-25/h6-20,22-25,27-39H,1-5H2/t6-,7-,8-,9-,10-,11+,12-,13+,14+,15-,16-,17-,18+,19-,20+,22+,23-,24-,26+/m1/s1. The minimum absolute atomic E-state index is 0.779. The van der Waals surface area contributed by atoms with Gasteiger partial charge in [0.25, 0.3) is 0 Å². The Hall–Kier alpha value is -1.41. The molecule has 24 heteroatoms. The van der Waals surface area contributed by atoms with E-state index in [9.17, 15) is 71.2 Å². The van der Waals surface area contributed by atoms with Crippen LogP contribution in [0.25, 0.3) is 0 Å². The Balaban J connectivity index is 1.28. The van der Waals surface area contributed by atoms with Crippen molar-refractivity contribution in [3.8, 4) is 0 Å². The highest BCUT2D eigenvalue weighted by molar-refractivity contribution is 5.74. The fraction of sp³-hybridized carbons (Fsp3) is 0.962. The third-order valence-corrected chi connectivity index (χ3v) is 8.89. The van der Waals surface area contributed by atoms with E-state index in [1.807, 2.05) is 0 Å². The fourth-order valence-electron chi connectivity index (χ4n) is 5.91. The van der Waals surface area contributed by atoms with Crippen LogP contribution in [-0.4, -0.2) is 228 Å². The SMILES string of the molecule is O=C(O[C@@H]1[C@H](O)[C@@H](O)[C@@H](OC[C@H]2O[C@H](O[C@H]3[C@@H](O[C@]4(CO)O[C@H](CO)[C@@H](O)[C@@H]4O)O[C@H](CO)[C@@H](O)[C@@H]3O)[C@H](O)[C@@H](O)[C@H]2O)O[C@@H]1CO)C1OO1. The third-order valence-electron chi connectivity index (χ3n) is 8.89. The van der Waals surface area contributed by atoms with Gasteiger partial charge < -0.3 is 104 Å². The van der Waals surface area contributed by atoms with Gasteiger partial charge in [-0.05, 0) is 0 Å². The van der Waals surface area contributed by atoms with Gasteiger partial charge in [-0.15, -0.1) is 0 Å². The molecule has 0 aromatic rings. The van der Waals surface area contributed by atoms with Crippen LogP contribution in [0.1, 0.15) is 0 Å². The number of aliphatic hydroxyl groups is 13. The maximum absolute atomic E-state index is 11.9. The highest BCUT2D eigenvalue weighted by Crippen LogP contribution is 2.38. The zero-order chi connectivity index (χ0) is 36.7. The Morgan fingerprint density at radius 2 is 1.14 bits per heavy atom. The monoisotopic (exact) mass is 738 g/mol. The lowest BCUT2D eigenvalue weighted by Crippen LogP contribution is -2.66. The third kappa shape index (κ3) is 7.78. The topological polar surface area (TPSA) is 379 Å². The first-order valence-corrected chi connectivity index (χ1v) is 15.4. The number of carbonyl (C=O) groups excluding carboxylic acids is 1. The van der Waals surface area contributed by atoms with E-state index in [2.05, 4.69) is 9.78 Å². The van der Waals surface area contributed by atoms with Crippen molar-refractivity contribution in [2.45, 2.75) is 123 Å². The normalized spacial score (nSPS) is 49.9. The van der Waals surface area contributed by atoms with Crippen molar-refractivity contribution in [1.82, 2.24) is 0 Å². The van der Waals surface area contributed by atoms with Crippen molar-refractivity contribution in [3.05, 3.63) is 0 Å². The van der Waals surface area contributed by atoms with Crippen LogP contribution in [0.4, 0.5) is 0 Å². The minimum atomic E-state index is -2.52. The van der Waals surface area contributed by atoms with Gasteiger partial charge in [-0.3, -0.25) is 0 Å². The lowest BCUT2D eigenvalue weighted by atomic mass is 9.97. The van der Waals surface area contributed by atoms with E-state index in [0.717, 1.165) is 0 Å². The van der Waals surface area contributed by atoms with Crippen LogP contribution < -0.4 is 0 Å². The van der Waals surface area contributed by atoms with E-state index >= 15 is 0 Å². The van der Waals surface area contributed by atoms with Gasteiger partial charge in [0, 0.05) is 0 Å². The van der Waals surface area contributed by atoms with E-state index in [-0.39, 0.29) is 0 Å². The molecule has 0 amide bonds. The van der Waals surface area contributed by atoms with E-state index < -0.39 is 162 Å². The molecule has 5 saturated heterocycles. The van der Waals surface area contributed by atoms with E-state index in [1.165, 1.54) is 0 Å². The molecule has 13 N–H and O–H groups in total. The first-order chi connectivity index (χ1) is 23.7. The maximum atomic E-state index is 11.9. The first kappa shape index (κ1) is 39.8. The molecule has 0 saturated carbocycles. The average Bonchev–Trinajstić information content (AvgIpc) is 3.94. The molecule has 5 aliphatic heterocycles. The molecule has 0 bridgehead atoms. The van der Waals surface area contributed by atoms with Gasteiger partial charge in [-0.1, -0.05) is 0 Å². The molecule has 5 heterocycles. The summed E-state index contributed by atoms with van der Waals surface area (Å²) in [5, 5.41) is 134.